The van der Waals surface area contributed by atoms with Crippen molar-refractivity contribution in [3.8, 4) is 61.7 Å². The topological polar surface area (TPSA) is 30.7 Å². The summed E-state index contributed by atoms with van der Waals surface area (Å²) >= 11 is 0. The van der Waals surface area contributed by atoms with Crippen LogP contribution in [0.5, 0.6) is 0 Å². The maximum atomic E-state index is 5.54. The number of para-hydroxylation sites is 2. The minimum atomic E-state index is 0.901. The molecule has 0 N–H and O–H groups in total. The van der Waals surface area contributed by atoms with E-state index >= 15 is 0 Å². The second kappa shape index (κ2) is 13.6. The summed E-state index contributed by atoms with van der Waals surface area (Å²) in [6, 6.07) is 75.6. The van der Waals surface area contributed by atoms with E-state index in [0.717, 1.165) is 72.6 Å². The van der Waals surface area contributed by atoms with Crippen LogP contribution in [-0.4, -0.2) is 14.5 Å². The van der Waals surface area contributed by atoms with Crippen molar-refractivity contribution in [2.24, 2.45) is 0 Å². The first-order valence-electron chi connectivity index (χ1n) is 19.4. The summed E-state index contributed by atoms with van der Waals surface area (Å²) in [5, 5.41) is 5.97. The largest absolute Gasteiger partial charge is 0.309 e. The summed E-state index contributed by atoms with van der Waals surface area (Å²) in [6.07, 6.45) is 0. The van der Waals surface area contributed by atoms with Gasteiger partial charge < -0.3 is 4.57 Å². The van der Waals surface area contributed by atoms with Gasteiger partial charge in [-0.1, -0.05) is 164 Å². The zero-order valence-electron chi connectivity index (χ0n) is 31.0. The van der Waals surface area contributed by atoms with Gasteiger partial charge in [-0.2, -0.15) is 0 Å². The third-order valence-corrected chi connectivity index (χ3v) is 11.1. The standard InChI is InChI=1S/C54H35N3/c1-4-17-36(18-5-1)46-35-50(38-21-8-3-9-22-38)56-54-47(32-39-23-10-11-26-43(39)53(46)54)41-33-48(37-19-6-2-7-20-37)55-49(34-41)40-24-16-25-42(31-40)57-51-29-14-12-27-44(51)45-28-13-15-30-52(45)57/h1-35H. The number of pyridine rings is 2. The molecule has 3 heteroatoms. The predicted molar refractivity (Wildman–Crippen MR) is 239 cm³/mol. The fourth-order valence-corrected chi connectivity index (χ4v) is 8.51. The van der Waals surface area contributed by atoms with Crippen LogP contribution in [-0.2, 0) is 0 Å². The highest BCUT2D eigenvalue weighted by atomic mass is 15.0. The lowest BCUT2D eigenvalue weighted by molar-refractivity contribution is 1.18. The highest BCUT2D eigenvalue weighted by molar-refractivity contribution is 6.18. The van der Waals surface area contributed by atoms with E-state index in [-0.39, 0.29) is 0 Å². The predicted octanol–water partition coefficient (Wildman–Crippen LogP) is 14.2. The van der Waals surface area contributed by atoms with Crippen molar-refractivity contribution in [3.63, 3.8) is 0 Å². The molecule has 0 saturated heterocycles. The lowest BCUT2D eigenvalue weighted by Crippen LogP contribution is -1.97. The van der Waals surface area contributed by atoms with E-state index in [1.54, 1.807) is 0 Å². The molecule has 0 radical (unpaired) electrons. The fourth-order valence-electron chi connectivity index (χ4n) is 8.51. The zero-order valence-corrected chi connectivity index (χ0v) is 31.0. The highest BCUT2D eigenvalue weighted by Gasteiger charge is 2.19. The molecule has 0 saturated carbocycles. The quantitative estimate of drug-likeness (QED) is 0.160. The lowest BCUT2D eigenvalue weighted by atomic mass is 9.90. The van der Waals surface area contributed by atoms with Gasteiger partial charge in [0.1, 0.15) is 0 Å². The fraction of sp³-hybridized carbons (Fsp3) is 0. The van der Waals surface area contributed by atoms with Crippen LogP contribution < -0.4 is 0 Å². The lowest BCUT2D eigenvalue weighted by Gasteiger charge is -2.18. The van der Waals surface area contributed by atoms with Crippen molar-refractivity contribution in [1.82, 2.24) is 14.5 Å². The van der Waals surface area contributed by atoms with Gasteiger partial charge in [-0.05, 0) is 76.0 Å². The Bertz CT molecular complexity index is 3220. The van der Waals surface area contributed by atoms with Crippen LogP contribution in [0, 0.1) is 0 Å². The number of hydrogen-bond acceptors (Lipinski definition) is 2. The van der Waals surface area contributed by atoms with Crippen molar-refractivity contribution in [3.05, 3.63) is 212 Å². The van der Waals surface area contributed by atoms with Gasteiger partial charge in [0.2, 0.25) is 0 Å². The molecular formula is C54H35N3. The first kappa shape index (κ1) is 32.8. The zero-order chi connectivity index (χ0) is 37.7. The number of nitrogens with zero attached hydrogens (tertiary/aromatic N) is 3. The molecule has 3 aromatic heterocycles. The van der Waals surface area contributed by atoms with Gasteiger partial charge in [-0.3, -0.25) is 0 Å². The minimum Gasteiger partial charge on any atom is -0.309 e. The van der Waals surface area contributed by atoms with Gasteiger partial charge in [-0.15, -0.1) is 0 Å². The van der Waals surface area contributed by atoms with Crippen molar-refractivity contribution in [1.29, 1.82) is 0 Å². The molecular weight excluding hydrogens is 691 g/mol. The molecule has 11 aromatic rings. The highest BCUT2D eigenvalue weighted by Crippen LogP contribution is 2.43. The molecule has 0 aliphatic heterocycles. The van der Waals surface area contributed by atoms with Crippen LogP contribution in [0.15, 0.2) is 212 Å². The molecule has 11 rings (SSSR count). The molecule has 8 aromatic carbocycles. The Labute approximate surface area is 330 Å². The minimum absolute atomic E-state index is 0.901. The molecule has 0 amide bonds. The second-order valence-corrected chi connectivity index (χ2v) is 14.6. The molecule has 0 bridgehead atoms. The average molecular weight is 726 g/mol. The van der Waals surface area contributed by atoms with Crippen molar-refractivity contribution in [2.75, 3.05) is 0 Å². The van der Waals surface area contributed by atoms with Gasteiger partial charge in [-0.25, -0.2) is 9.97 Å². The Balaban J connectivity index is 1.19. The summed E-state index contributed by atoms with van der Waals surface area (Å²) in [5.41, 5.74) is 14.8. The van der Waals surface area contributed by atoms with Crippen LogP contribution >= 0.6 is 0 Å². The summed E-state index contributed by atoms with van der Waals surface area (Å²) < 4.78 is 2.37. The van der Waals surface area contributed by atoms with E-state index in [4.69, 9.17) is 9.97 Å². The normalized spacial score (nSPS) is 11.5. The van der Waals surface area contributed by atoms with E-state index in [2.05, 4.69) is 217 Å². The maximum absolute atomic E-state index is 5.54. The average Bonchev–Trinajstić information content (AvgIpc) is 3.63. The van der Waals surface area contributed by atoms with Crippen molar-refractivity contribution < 1.29 is 0 Å². The van der Waals surface area contributed by atoms with Crippen molar-refractivity contribution >= 4 is 43.5 Å². The van der Waals surface area contributed by atoms with Gasteiger partial charge in [0, 0.05) is 44.1 Å². The molecule has 0 spiro atoms. The van der Waals surface area contributed by atoms with E-state index in [9.17, 15) is 0 Å². The summed E-state index contributed by atoms with van der Waals surface area (Å²) in [5.74, 6) is 0. The van der Waals surface area contributed by atoms with Crippen LogP contribution in [0.4, 0.5) is 0 Å². The number of rotatable bonds is 6. The monoisotopic (exact) mass is 725 g/mol. The van der Waals surface area contributed by atoms with E-state index in [1.807, 2.05) is 0 Å². The Hall–Kier alpha value is -7.62. The Kier molecular flexibility index (Phi) is 7.82. The molecule has 0 atom stereocenters. The van der Waals surface area contributed by atoms with Crippen LogP contribution in [0.2, 0.25) is 0 Å². The van der Waals surface area contributed by atoms with Gasteiger partial charge in [0.15, 0.2) is 0 Å². The second-order valence-electron chi connectivity index (χ2n) is 14.6. The van der Waals surface area contributed by atoms with E-state index in [0.29, 0.717) is 0 Å². The number of aromatic nitrogens is 3. The van der Waals surface area contributed by atoms with Crippen LogP contribution in [0.3, 0.4) is 0 Å². The smallest absolute Gasteiger partial charge is 0.0800 e. The van der Waals surface area contributed by atoms with Crippen LogP contribution in [0.25, 0.3) is 105 Å². The van der Waals surface area contributed by atoms with Gasteiger partial charge in [0.05, 0.1) is 33.6 Å². The summed E-state index contributed by atoms with van der Waals surface area (Å²) in [4.78, 5) is 10.9. The Morgan fingerprint density at radius 3 is 1.47 bits per heavy atom. The third kappa shape index (κ3) is 5.68. The van der Waals surface area contributed by atoms with Gasteiger partial charge >= 0.3 is 0 Å². The van der Waals surface area contributed by atoms with Crippen molar-refractivity contribution in [2.45, 2.75) is 0 Å². The summed E-state index contributed by atoms with van der Waals surface area (Å²) in [7, 11) is 0. The first-order valence-corrected chi connectivity index (χ1v) is 19.4. The summed E-state index contributed by atoms with van der Waals surface area (Å²) in [6.45, 7) is 0. The molecule has 0 aliphatic carbocycles. The maximum Gasteiger partial charge on any atom is 0.0800 e. The van der Waals surface area contributed by atoms with E-state index < -0.39 is 0 Å². The first-order chi connectivity index (χ1) is 28.3. The molecule has 0 aliphatic rings. The molecule has 3 heterocycles. The molecule has 3 nitrogen and oxygen atoms in total. The number of benzene rings is 8. The SMILES string of the molecule is c1ccc(-c2cc(-c3cc4ccccc4c4c(-c5ccccc5)cc(-c5ccccc5)nc34)cc(-c3cccc(-n4c5ccccc5c5ccccc54)c3)n2)cc1. The molecule has 0 unspecified atom stereocenters. The van der Waals surface area contributed by atoms with Gasteiger partial charge in [0.25, 0.3) is 0 Å². The molecule has 57 heavy (non-hydrogen) atoms. The number of fused-ring (bicyclic) bond motifs is 6. The molecule has 0 fully saturated rings. The Morgan fingerprint density at radius 2 is 0.825 bits per heavy atom. The third-order valence-electron chi connectivity index (χ3n) is 11.1. The van der Waals surface area contributed by atoms with E-state index in [1.165, 1.54) is 32.6 Å². The van der Waals surface area contributed by atoms with Crippen LogP contribution in [0.1, 0.15) is 0 Å². The molecule has 266 valence electrons. The number of hydrogen-bond donors (Lipinski definition) is 0. The Morgan fingerprint density at radius 1 is 0.316 bits per heavy atom.